The fraction of sp³-hybridized carbons (Fsp3) is 0.333. The molecule has 1 N–H and O–H groups in total. The minimum atomic E-state index is 0.541. The van der Waals surface area contributed by atoms with Crippen LogP contribution in [0, 0.1) is 6.92 Å². The van der Waals surface area contributed by atoms with Crippen LogP contribution in [0.15, 0.2) is 42.5 Å². The lowest BCUT2D eigenvalue weighted by molar-refractivity contribution is 0.306. The fourth-order valence-corrected chi connectivity index (χ4v) is 2.36. The summed E-state index contributed by atoms with van der Waals surface area (Å²) in [4.78, 5) is 0. The van der Waals surface area contributed by atoms with Crippen molar-refractivity contribution < 1.29 is 4.74 Å². The Balaban J connectivity index is 1.55. The van der Waals surface area contributed by atoms with Crippen molar-refractivity contribution in [1.82, 2.24) is 5.32 Å². The van der Waals surface area contributed by atoms with Gasteiger partial charge in [0, 0.05) is 12.6 Å². The molecule has 3 rings (SSSR count). The Hall–Kier alpha value is -1.51. The van der Waals surface area contributed by atoms with Crippen LogP contribution >= 0.6 is 11.6 Å². The summed E-state index contributed by atoms with van der Waals surface area (Å²) in [5.74, 6) is 0.746. The zero-order valence-corrected chi connectivity index (χ0v) is 13.0. The second-order valence-corrected chi connectivity index (χ2v) is 6.10. The van der Waals surface area contributed by atoms with Crippen LogP contribution in [0.5, 0.6) is 5.75 Å². The van der Waals surface area contributed by atoms with Gasteiger partial charge >= 0.3 is 0 Å². The zero-order chi connectivity index (χ0) is 14.7. The molecule has 0 amide bonds. The summed E-state index contributed by atoms with van der Waals surface area (Å²) in [6, 6.07) is 15.1. The Morgan fingerprint density at radius 3 is 2.52 bits per heavy atom. The molecule has 0 atom stereocenters. The molecule has 1 fully saturated rings. The smallest absolute Gasteiger partial charge is 0.138 e. The van der Waals surface area contributed by atoms with Gasteiger partial charge < -0.3 is 10.1 Å². The molecule has 21 heavy (non-hydrogen) atoms. The molecule has 0 aliphatic heterocycles. The first-order chi connectivity index (χ1) is 10.2. The third-order valence-electron chi connectivity index (χ3n) is 3.68. The van der Waals surface area contributed by atoms with Gasteiger partial charge in [0.2, 0.25) is 0 Å². The molecule has 0 saturated heterocycles. The molecular formula is C18H20ClNO. The normalized spacial score (nSPS) is 14.2. The Labute approximate surface area is 131 Å². The van der Waals surface area contributed by atoms with Gasteiger partial charge in [-0.15, -0.1) is 0 Å². The average Bonchev–Trinajstić information content (AvgIpc) is 3.31. The molecule has 1 saturated carbocycles. The van der Waals surface area contributed by atoms with Crippen LogP contribution in [0.1, 0.15) is 29.5 Å². The minimum absolute atomic E-state index is 0.541. The number of hydrogen-bond acceptors (Lipinski definition) is 2. The van der Waals surface area contributed by atoms with E-state index in [0.717, 1.165) is 29.5 Å². The Morgan fingerprint density at radius 1 is 1.10 bits per heavy atom. The Morgan fingerprint density at radius 2 is 1.81 bits per heavy atom. The van der Waals surface area contributed by atoms with E-state index in [2.05, 4.69) is 29.6 Å². The molecule has 0 unspecified atom stereocenters. The summed E-state index contributed by atoms with van der Waals surface area (Å²) >= 11 is 6.13. The van der Waals surface area contributed by atoms with E-state index in [9.17, 15) is 0 Å². The van der Waals surface area contributed by atoms with E-state index in [1.807, 2.05) is 25.1 Å². The lowest BCUT2D eigenvalue weighted by Gasteiger charge is -2.10. The van der Waals surface area contributed by atoms with Gasteiger partial charge in [-0.05, 0) is 48.6 Å². The largest absolute Gasteiger partial charge is 0.487 e. The van der Waals surface area contributed by atoms with Crippen LogP contribution in [0.2, 0.25) is 5.02 Å². The number of ether oxygens (including phenoxy) is 1. The third-order valence-corrected chi connectivity index (χ3v) is 3.99. The van der Waals surface area contributed by atoms with Crippen molar-refractivity contribution in [1.29, 1.82) is 0 Å². The maximum atomic E-state index is 6.13. The summed E-state index contributed by atoms with van der Waals surface area (Å²) in [6.45, 7) is 3.53. The maximum Gasteiger partial charge on any atom is 0.138 e. The monoisotopic (exact) mass is 301 g/mol. The summed E-state index contributed by atoms with van der Waals surface area (Å²) in [5.41, 5.74) is 3.62. The van der Waals surface area contributed by atoms with Crippen LogP contribution in [0.3, 0.4) is 0 Å². The van der Waals surface area contributed by atoms with Gasteiger partial charge in [-0.3, -0.25) is 0 Å². The van der Waals surface area contributed by atoms with E-state index < -0.39 is 0 Å². The molecule has 2 nitrogen and oxygen atoms in total. The molecule has 0 spiro atoms. The quantitative estimate of drug-likeness (QED) is 0.849. The Kier molecular flexibility index (Phi) is 4.47. The summed E-state index contributed by atoms with van der Waals surface area (Å²) in [6.07, 6.45) is 2.65. The molecule has 2 aromatic carbocycles. The predicted molar refractivity (Wildman–Crippen MR) is 86.8 cm³/mol. The van der Waals surface area contributed by atoms with E-state index >= 15 is 0 Å². The van der Waals surface area contributed by atoms with Gasteiger partial charge in [-0.2, -0.15) is 0 Å². The summed E-state index contributed by atoms with van der Waals surface area (Å²) in [7, 11) is 0. The lowest BCUT2D eigenvalue weighted by Crippen LogP contribution is -2.15. The van der Waals surface area contributed by atoms with E-state index in [0.29, 0.717) is 11.6 Å². The standard InChI is InChI=1S/C18H20ClNO/c1-13-2-9-17(19)18(10-13)21-12-15-5-3-14(4-6-15)11-20-16-7-8-16/h2-6,9-10,16,20H,7-8,11-12H2,1H3. The zero-order valence-electron chi connectivity index (χ0n) is 12.2. The predicted octanol–water partition coefficient (Wildman–Crippen LogP) is 4.48. The van der Waals surface area contributed by atoms with Crippen LogP contribution in [-0.4, -0.2) is 6.04 Å². The number of aryl methyl sites for hydroxylation is 1. The summed E-state index contributed by atoms with van der Waals surface area (Å²) < 4.78 is 5.80. The van der Waals surface area contributed by atoms with Crippen LogP contribution in [-0.2, 0) is 13.2 Å². The highest BCUT2D eigenvalue weighted by Gasteiger charge is 2.19. The van der Waals surface area contributed by atoms with E-state index in [1.54, 1.807) is 0 Å². The molecule has 1 aliphatic rings. The van der Waals surface area contributed by atoms with Gasteiger partial charge in [0.1, 0.15) is 12.4 Å². The fourth-order valence-electron chi connectivity index (χ4n) is 2.19. The van der Waals surface area contributed by atoms with Crippen molar-refractivity contribution >= 4 is 11.6 Å². The first kappa shape index (κ1) is 14.4. The second-order valence-electron chi connectivity index (χ2n) is 5.69. The number of halogens is 1. The van der Waals surface area contributed by atoms with Crippen molar-refractivity contribution in [2.24, 2.45) is 0 Å². The van der Waals surface area contributed by atoms with Crippen molar-refractivity contribution in [3.05, 3.63) is 64.2 Å². The van der Waals surface area contributed by atoms with E-state index in [-0.39, 0.29) is 0 Å². The SMILES string of the molecule is Cc1ccc(Cl)c(OCc2ccc(CNC3CC3)cc2)c1. The molecule has 3 heteroatoms. The third kappa shape index (κ3) is 4.23. The molecule has 2 aromatic rings. The number of benzene rings is 2. The molecule has 110 valence electrons. The molecule has 0 heterocycles. The highest BCUT2D eigenvalue weighted by Crippen LogP contribution is 2.26. The highest BCUT2D eigenvalue weighted by molar-refractivity contribution is 6.32. The van der Waals surface area contributed by atoms with Gasteiger partial charge in [-0.1, -0.05) is 41.9 Å². The van der Waals surface area contributed by atoms with Gasteiger partial charge in [-0.25, -0.2) is 0 Å². The van der Waals surface area contributed by atoms with Gasteiger partial charge in [0.05, 0.1) is 5.02 Å². The lowest BCUT2D eigenvalue weighted by atomic mass is 10.1. The van der Waals surface area contributed by atoms with Gasteiger partial charge in [0.15, 0.2) is 0 Å². The number of hydrogen-bond donors (Lipinski definition) is 1. The maximum absolute atomic E-state index is 6.13. The van der Waals surface area contributed by atoms with Crippen molar-refractivity contribution in [2.75, 3.05) is 0 Å². The first-order valence-corrected chi connectivity index (χ1v) is 7.78. The number of nitrogens with one attached hydrogen (secondary N) is 1. The second kappa shape index (κ2) is 6.50. The van der Waals surface area contributed by atoms with Crippen LogP contribution < -0.4 is 10.1 Å². The number of rotatable bonds is 6. The molecule has 0 bridgehead atoms. The minimum Gasteiger partial charge on any atom is -0.487 e. The highest BCUT2D eigenvalue weighted by atomic mass is 35.5. The van der Waals surface area contributed by atoms with Crippen molar-refractivity contribution in [3.8, 4) is 5.75 Å². The molecule has 1 aliphatic carbocycles. The van der Waals surface area contributed by atoms with Crippen molar-refractivity contribution in [3.63, 3.8) is 0 Å². The average molecular weight is 302 g/mol. The molecular weight excluding hydrogens is 282 g/mol. The van der Waals surface area contributed by atoms with E-state index in [4.69, 9.17) is 16.3 Å². The molecule has 0 aromatic heterocycles. The molecule has 0 radical (unpaired) electrons. The first-order valence-electron chi connectivity index (χ1n) is 7.41. The van der Waals surface area contributed by atoms with Crippen molar-refractivity contribution in [2.45, 2.75) is 39.0 Å². The topological polar surface area (TPSA) is 21.3 Å². The van der Waals surface area contributed by atoms with Crippen LogP contribution in [0.25, 0.3) is 0 Å². The Bertz CT molecular complexity index is 605. The van der Waals surface area contributed by atoms with Crippen LogP contribution in [0.4, 0.5) is 0 Å². The van der Waals surface area contributed by atoms with Gasteiger partial charge in [0.25, 0.3) is 0 Å². The summed E-state index contributed by atoms with van der Waals surface area (Å²) in [5, 5.41) is 4.17. The van der Waals surface area contributed by atoms with E-state index in [1.165, 1.54) is 18.4 Å².